The fourth-order valence-electron chi connectivity index (χ4n) is 3.53. The number of nitrogens with one attached hydrogen (secondary N) is 1. The van der Waals surface area contributed by atoms with Crippen LogP contribution >= 0.6 is 11.6 Å². The van der Waals surface area contributed by atoms with Crippen molar-refractivity contribution in [2.24, 2.45) is 5.92 Å². The molecule has 6 nitrogen and oxygen atoms in total. The van der Waals surface area contributed by atoms with E-state index in [0.717, 1.165) is 5.56 Å². The van der Waals surface area contributed by atoms with Gasteiger partial charge in [0.2, 0.25) is 5.91 Å². The van der Waals surface area contributed by atoms with Crippen LogP contribution in [0.1, 0.15) is 44.2 Å². The second kappa shape index (κ2) is 10.0. The molecule has 1 fully saturated rings. The minimum absolute atomic E-state index is 0.303. The minimum Gasteiger partial charge on any atom is -0.591 e. The van der Waals surface area contributed by atoms with Crippen molar-refractivity contribution in [2.75, 3.05) is 6.54 Å². The van der Waals surface area contributed by atoms with E-state index >= 15 is 0 Å². The molecule has 1 saturated heterocycles. The van der Waals surface area contributed by atoms with Crippen LogP contribution in [0.15, 0.2) is 24.3 Å². The molecule has 1 heterocycles. The van der Waals surface area contributed by atoms with Crippen molar-refractivity contribution in [1.29, 1.82) is 0 Å². The summed E-state index contributed by atoms with van der Waals surface area (Å²) in [7, 11) is 0. The maximum atomic E-state index is 13.1. The summed E-state index contributed by atoms with van der Waals surface area (Å²) in [6.07, 6.45) is 0.774. The number of amides is 1. The van der Waals surface area contributed by atoms with E-state index in [1.165, 1.54) is 4.90 Å². The van der Waals surface area contributed by atoms with E-state index in [0.29, 0.717) is 24.3 Å². The average molecular weight is 455 g/mol. The fraction of sp³-hybridized carbons (Fsp3) is 0.556. The van der Waals surface area contributed by atoms with Crippen LogP contribution in [0.2, 0.25) is 5.02 Å². The number of carbonyl (C=O) groups is 2. The number of alkyl halides is 3. The van der Waals surface area contributed by atoms with E-state index in [9.17, 15) is 27.3 Å². The zero-order valence-corrected chi connectivity index (χ0v) is 17.2. The number of hydrogen-bond donors (Lipinski definition) is 2. The van der Waals surface area contributed by atoms with E-state index in [-0.39, 0.29) is 13.0 Å². The highest BCUT2D eigenvalue weighted by molar-refractivity contribution is 7.90. The van der Waals surface area contributed by atoms with Crippen LogP contribution in [0.5, 0.6) is 0 Å². The molecule has 29 heavy (non-hydrogen) atoms. The van der Waals surface area contributed by atoms with Crippen LogP contribution in [0.25, 0.3) is 0 Å². The first-order valence-corrected chi connectivity index (χ1v) is 10.6. The van der Waals surface area contributed by atoms with Crippen molar-refractivity contribution in [2.45, 2.75) is 50.2 Å². The third-order valence-corrected chi connectivity index (χ3v) is 6.03. The molecular formula is C18H22ClF3N2O4S. The number of benzene rings is 1. The molecule has 1 aromatic carbocycles. The lowest BCUT2D eigenvalue weighted by Gasteiger charge is -2.44. The number of nitrogens with zero attached hydrogens (tertiary/aromatic N) is 1. The number of carbonyl (C=O) groups excluding carboxylic acids is 1. The number of rotatable bonds is 8. The number of likely N-dealkylation sites (tertiary alicyclic amines) is 1. The van der Waals surface area contributed by atoms with Gasteiger partial charge in [0.05, 0.1) is 19.0 Å². The van der Waals surface area contributed by atoms with Crippen LogP contribution in [0, 0.1) is 5.92 Å². The molecule has 1 aliphatic heterocycles. The summed E-state index contributed by atoms with van der Waals surface area (Å²) in [5.41, 5.74) is -4.15. The van der Waals surface area contributed by atoms with E-state index in [4.69, 9.17) is 16.7 Å². The standard InChI is InChI=1S/C18H22ClF3N2O4S/c1-2-14(10-23-29(28)18(20,21)22)24-15(11-3-6-13(19)7-4-11)8-5-12(17(24)27)9-16(25)26/h3-4,6-7,12,14-15,23H,2,5,8-10H2,1H3,(H,25,26)/t12?,14-,15?,29?/m0/s1. The second-order valence-electron chi connectivity index (χ2n) is 6.81. The van der Waals surface area contributed by atoms with E-state index in [2.05, 4.69) is 0 Å². The Bertz CT molecular complexity index is 720. The Morgan fingerprint density at radius 1 is 1.38 bits per heavy atom. The Balaban J connectivity index is 2.29. The van der Waals surface area contributed by atoms with Gasteiger partial charge >= 0.3 is 11.5 Å². The number of aliphatic carboxylic acids is 1. The first kappa shape index (κ1) is 23.8. The molecule has 1 aliphatic rings. The summed E-state index contributed by atoms with van der Waals surface area (Å²) in [6, 6.07) is 5.65. The van der Waals surface area contributed by atoms with Crippen LogP contribution in [-0.4, -0.2) is 44.5 Å². The minimum atomic E-state index is -4.91. The summed E-state index contributed by atoms with van der Waals surface area (Å²) in [4.78, 5) is 25.6. The Labute approximate surface area is 174 Å². The number of halogens is 4. The molecule has 162 valence electrons. The lowest BCUT2D eigenvalue weighted by molar-refractivity contribution is -0.151. The molecule has 0 aliphatic carbocycles. The van der Waals surface area contributed by atoms with Gasteiger partial charge in [0.25, 0.3) is 0 Å². The van der Waals surface area contributed by atoms with Gasteiger partial charge in [0.1, 0.15) is 0 Å². The summed E-state index contributed by atoms with van der Waals surface area (Å²) in [6.45, 7) is 1.37. The first-order valence-electron chi connectivity index (χ1n) is 9.06. The van der Waals surface area contributed by atoms with Gasteiger partial charge < -0.3 is 14.6 Å². The molecule has 0 radical (unpaired) electrons. The Morgan fingerprint density at radius 2 is 2.00 bits per heavy atom. The zero-order chi connectivity index (χ0) is 21.8. The van der Waals surface area contributed by atoms with Crippen molar-refractivity contribution in [1.82, 2.24) is 9.62 Å². The summed E-state index contributed by atoms with van der Waals surface area (Å²) < 4.78 is 51.0. The van der Waals surface area contributed by atoms with Gasteiger partial charge in [-0.1, -0.05) is 30.7 Å². The van der Waals surface area contributed by atoms with Gasteiger partial charge in [-0.3, -0.25) is 9.59 Å². The van der Waals surface area contributed by atoms with E-state index in [1.807, 2.05) is 4.72 Å². The Hall–Kier alpha value is -1.49. The van der Waals surface area contributed by atoms with Crippen LogP contribution in [-0.2, 0) is 21.0 Å². The quantitative estimate of drug-likeness (QED) is 0.585. The molecule has 2 N–H and O–H groups in total. The fourth-order valence-corrected chi connectivity index (χ4v) is 4.16. The number of carboxylic acid groups (broad SMARTS) is 1. The number of hydrogen-bond acceptors (Lipinski definition) is 4. The zero-order valence-electron chi connectivity index (χ0n) is 15.6. The van der Waals surface area contributed by atoms with Crippen LogP contribution in [0.4, 0.5) is 13.2 Å². The molecule has 2 rings (SSSR count). The molecule has 1 aromatic rings. The SMILES string of the molecule is CC[C@@H](CN[S+]([O-])C(F)(F)F)N1C(=O)C(CC(=O)O)CCC1c1ccc(Cl)cc1. The van der Waals surface area contributed by atoms with Gasteiger partial charge in [-0.2, -0.15) is 0 Å². The molecule has 1 amide bonds. The van der Waals surface area contributed by atoms with E-state index < -0.39 is 46.7 Å². The van der Waals surface area contributed by atoms with Gasteiger partial charge in [-0.15, -0.1) is 17.9 Å². The predicted octanol–water partition coefficient (Wildman–Crippen LogP) is 3.65. The monoisotopic (exact) mass is 454 g/mol. The van der Waals surface area contributed by atoms with Gasteiger partial charge in [-0.25, -0.2) is 0 Å². The third kappa shape index (κ3) is 6.24. The maximum absolute atomic E-state index is 13.1. The molecular weight excluding hydrogens is 433 g/mol. The molecule has 0 saturated carbocycles. The molecule has 0 spiro atoms. The van der Waals surface area contributed by atoms with Gasteiger partial charge in [-0.05, 0) is 37.0 Å². The summed E-state index contributed by atoms with van der Waals surface area (Å²) >= 11 is 2.67. The normalized spacial score (nSPS) is 22.4. The topological polar surface area (TPSA) is 92.7 Å². The smallest absolute Gasteiger partial charge is 0.591 e. The van der Waals surface area contributed by atoms with Crippen LogP contribution in [0.3, 0.4) is 0 Å². The van der Waals surface area contributed by atoms with Crippen molar-refractivity contribution in [3.8, 4) is 0 Å². The molecule has 0 bridgehead atoms. The van der Waals surface area contributed by atoms with Crippen molar-refractivity contribution in [3.63, 3.8) is 0 Å². The van der Waals surface area contributed by atoms with Crippen molar-refractivity contribution >= 4 is 34.8 Å². The largest absolute Gasteiger partial charge is 0.592 e. The Morgan fingerprint density at radius 3 is 2.52 bits per heavy atom. The van der Waals surface area contributed by atoms with E-state index in [1.54, 1.807) is 31.2 Å². The highest BCUT2D eigenvalue weighted by Crippen LogP contribution is 2.38. The molecule has 0 aromatic heterocycles. The number of carboxylic acids is 1. The van der Waals surface area contributed by atoms with Crippen LogP contribution < -0.4 is 4.72 Å². The summed E-state index contributed by atoms with van der Waals surface area (Å²) in [5.74, 6) is -2.29. The maximum Gasteiger partial charge on any atom is 0.592 e. The highest BCUT2D eigenvalue weighted by atomic mass is 35.5. The number of piperidine rings is 1. The first-order chi connectivity index (χ1) is 13.5. The summed E-state index contributed by atoms with van der Waals surface area (Å²) in [5, 5.41) is 9.58. The van der Waals surface area contributed by atoms with Crippen molar-refractivity contribution in [3.05, 3.63) is 34.9 Å². The molecule has 3 unspecified atom stereocenters. The van der Waals surface area contributed by atoms with Gasteiger partial charge in [0.15, 0.2) is 11.4 Å². The van der Waals surface area contributed by atoms with Crippen molar-refractivity contribution < 1.29 is 32.4 Å². The molecule has 4 atom stereocenters. The lowest BCUT2D eigenvalue weighted by Crippen LogP contribution is -2.53. The third-order valence-electron chi connectivity index (χ3n) is 4.93. The predicted molar refractivity (Wildman–Crippen MR) is 102 cm³/mol. The lowest BCUT2D eigenvalue weighted by atomic mass is 9.85. The Kier molecular flexibility index (Phi) is 8.21. The average Bonchev–Trinajstić information content (AvgIpc) is 2.64. The highest BCUT2D eigenvalue weighted by Gasteiger charge is 2.46. The van der Waals surface area contributed by atoms with Gasteiger partial charge in [0, 0.05) is 17.0 Å². The molecule has 11 heteroatoms. The second-order valence-corrected chi connectivity index (χ2v) is 8.54.